The first kappa shape index (κ1) is 16.7. The molecule has 2 N–H and O–H groups in total. The summed E-state index contributed by atoms with van der Waals surface area (Å²) in [5.74, 6) is 0.496. The first-order valence-electron chi connectivity index (χ1n) is 7.33. The predicted octanol–water partition coefficient (Wildman–Crippen LogP) is 3.62. The summed E-state index contributed by atoms with van der Waals surface area (Å²) in [6.45, 7) is 1.41. The first-order chi connectivity index (χ1) is 12.1. The molecule has 0 saturated heterocycles. The van der Waals surface area contributed by atoms with Gasteiger partial charge in [-0.1, -0.05) is 0 Å². The standard InChI is InChI=1S/C17H15N3O4S/c1-10(21)18-11-5-6-14(23-2)12(8-11)19-16(22)13-9-25-17(20-13)15-4-3-7-24-15/h3-9H,1-2H3,(H,18,21)(H,19,22). The van der Waals surface area contributed by atoms with E-state index in [2.05, 4.69) is 15.6 Å². The van der Waals surface area contributed by atoms with E-state index in [4.69, 9.17) is 9.15 Å². The van der Waals surface area contributed by atoms with Crippen LogP contribution in [0.1, 0.15) is 17.4 Å². The van der Waals surface area contributed by atoms with Gasteiger partial charge in [-0.3, -0.25) is 9.59 Å². The van der Waals surface area contributed by atoms with Gasteiger partial charge in [-0.25, -0.2) is 4.98 Å². The molecule has 0 radical (unpaired) electrons. The van der Waals surface area contributed by atoms with Crippen molar-refractivity contribution < 1.29 is 18.7 Å². The fourth-order valence-electron chi connectivity index (χ4n) is 2.16. The van der Waals surface area contributed by atoms with Crippen molar-refractivity contribution in [1.29, 1.82) is 0 Å². The molecule has 2 aromatic heterocycles. The SMILES string of the molecule is COc1ccc(NC(C)=O)cc1NC(=O)c1csc(-c2ccco2)n1. The monoisotopic (exact) mass is 357 g/mol. The van der Waals surface area contributed by atoms with E-state index < -0.39 is 0 Å². The highest BCUT2D eigenvalue weighted by atomic mass is 32.1. The molecule has 8 heteroatoms. The van der Waals surface area contributed by atoms with Gasteiger partial charge in [-0.15, -0.1) is 11.3 Å². The number of ether oxygens (including phenoxy) is 1. The third-order valence-corrected chi connectivity index (χ3v) is 4.09. The molecule has 0 saturated carbocycles. The Kier molecular flexibility index (Phi) is 4.80. The number of carbonyl (C=O) groups excluding carboxylic acids is 2. The molecule has 0 bridgehead atoms. The molecule has 0 fully saturated rings. The van der Waals surface area contributed by atoms with Crippen molar-refractivity contribution >= 4 is 34.5 Å². The molecule has 2 heterocycles. The molecule has 7 nitrogen and oxygen atoms in total. The number of rotatable bonds is 5. The van der Waals surface area contributed by atoms with Crippen molar-refractivity contribution in [2.45, 2.75) is 6.92 Å². The minimum absolute atomic E-state index is 0.204. The molecule has 3 rings (SSSR count). The second-order valence-corrected chi connectivity index (χ2v) is 5.92. The number of hydrogen-bond acceptors (Lipinski definition) is 6. The molecule has 25 heavy (non-hydrogen) atoms. The Hall–Kier alpha value is -3.13. The van der Waals surface area contributed by atoms with E-state index in [9.17, 15) is 9.59 Å². The summed E-state index contributed by atoms with van der Waals surface area (Å²) in [5, 5.41) is 7.68. The van der Waals surface area contributed by atoms with E-state index >= 15 is 0 Å². The molecule has 0 spiro atoms. The highest BCUT2D eigenvalue weighted by Gasteiger charge is 2.15. The molecule has 0 aliphatic heterocycles. The summed E-state index contributed by atoms with van der Waals surface area (Å²) in [7, 11) is 1.50. The summed E-state index contributed by atoms with van der Waals surface area (Å²) in [4.78, 5) is 27.9. The molecule has 0 unspecified atom stereocenters. The molecule has 3 aromatic rings. The van der Waals surface area contributed by atoms with Crippen molar-refractivity contribution in [1.82, 2.24) is 4.98 Å². The first-order valence-corrected chi connectivity index (χ1v) is 8.21. The minimum Gasteiger partial charge on any atom is -0.495 e. The van der Waals surface area contributed by atoms with Gasteiger partial charge in [0, 0.05) is 18.0 Å². The van der Waals surface area contributed by atoms with Crippen LogP contribution in [0.3, 0.4) is 0 Å². The fourth-order valence-corrected chi connectivity index (χ4v) is 2.93. The Balaban J connectivity index is 1.81. The van der Waals surface area contributed by atoms with Gasteiger partial charge in [-0.05, 0) is 30.3 Å². The number of amides is 2. The number of carbonyl (C=O) groups is 2. The van der Waals surface area contributed by atoms with Crippen molar-refractivity contribution in [2.24, 2.45) is 0 Å². The van der Waals surface area contributed by atoms with Crippen LogP contribution in [-0.4, -0.2) is 23.9 Å². The summed E-state index contributed by atoms with van der Waals surface area (Å²) >= 11 is 1.31. The quantitative estimate of drug-likeness (QED) is 0.727. The summed E-state index contributed by atoms with van der Waals surface area (Å²) in [6, 6.07) is 8.51. The van der Waals surface area contributed by atoms with E-state index in [1.165, 1.54) is 25.4 Å². The summed E-state index contributed by atoms with van der Waals surface area (Å²) in [6.07, 6.45) is 1.55. The highest BCUT2D eigenvalue weighted by Crippen LogP contribution is 2.29. The molecule has 2 amide bonds. The lowest BCUT2D eigenvalue weighted by Crippen LogP contribution is -2.14. The number of nitrogens with zero attached hydrogens (tertiary/aromatic N) is 1. The molecular weight excluding hydrogens is 342 g/mol. The van der Waals surface area contributed by atoms with E-state index in [1.54, 1.807) is 42.0 Å². The predicted molar refractivity (Wildman–Crippen MR) is 95.1 cm³/mol. The van der Waals surface area contributed by atoms with Crippen molar-refractivity contribution in [3.63, 3.8) is 0 Å². The van der Waals surface area contributed by atoms with E-state index in [1.807, 2.05) is 0 Å². The molecule has 0 atom stereocenters. The van der Waals surface area contributed by atoms with Crippen LogP contribution in [0.2, 0.25) is 0 Å². The summed E-state index contributed by atoms with van der Waals surface area (Å²) < 4.78 is 10.5. The van der Waals surface area contributed by atoms with E-state index in [0.717, 1.165) is 0 Å². The third kappa shape index (κ3) is 3.86. The zero-order chi connectivity index (χ0) is 17.8. The number of hydrogen-bond donors (Lipinski definition) is 2. The van der Waals surface area contributed by atoms with Crippen LogP contribution in [0.5, 0.6) is 5.75 Å². The largest absolute Gasteiger partial charge is 0.495 e. The topological polar surface area (TPSA) is 93.5 Å². The molecule has 1 aromatic carbocycles. The number of methoxy groups -OCH3 is 1. The number of thiazole rings is 1. The maximum absolute atomic E-state index is 12.5. The second-order valence-electron chi connectivity index (χ2n) is 5.07. The van der Waals surface area contributed by atoms with Gasteiger partial charge in [0.25, 0.3) is 5.91 Å². The van der Waals surface area contributed by atoms with Crippen molar-refractivity contribution in [2.75, 3.05) is 17.7 Å². The number of nitrogens with one attached hydrogen (secondary N) is 2. The second kappa shape index (κ2) is 7.18. The van der Waals surface area contributed by atoms with Gasteiger partial charge >= 0.3 is 0 Å². The Morgan fingerprint density at radius 2 is 2.08 bits per heavy atom. The number of furan rings is 1. The van der Waals surface area contributed by atoms with Gasteiger partial charge in [0.15, 0.2) is 10.8 Å². The smallest absolute Gasteiger partial charge is 0.275 e. The Morgan fingerprint density at radius 1 is 1.24 bits per heavy atom. The third-order valence-electron chi connectivity index (χ3n) is 3.24. The Bertz CT molecular complexity index is 903. The van der Waals surface area contributed by atoms with Crippen LogP contribution in [0.15, 0.2) is 46.4 Å². The van der Waals surface area contributed by atoms with Gasteiger partial charge < -0.3 is 19.8 Å². The minimum atomic E-state index is -0.382. The van der Waals surface area contributed by atoms with Crippen molar-refractivity contribution in [3.8, 4) is 16.5 Å². The maximum Gasteiger partial charge on any atom is 0.275 e. The van der Waals surface area contributed by atoms with Crippen molar-refractivity contribution in [3.05, 3.63) is 47.7 Å². The molecule has 0 aliphatic rings. The van der Waals surface area contributed by atoms with Crippen LogP contribution in [0.4, 0.5) is 11.4 Å². The molecule has 0 aliphatic carbocycles. The lowest BCUT2D eigenvalue weighted by atomic mass is 10.2. The normalized spacial score (nSPS) is 10.3. The Morgan fingerprint density at radius 3 is 2.76 bits per heavy atom. The zero-order valence-electron chi connectivity index (χ0n) is 13.5. The van der Waals surface area contributed by atoms with Gasteiger partial charge in [0.2, 0.25) is 5.91 Å². The van der Waals surface area contributed by atoms with Crippen LogP contribution < -0.4 is 15.4 Å². The lowest BCUT2D eigenvalue weighted by molar-refractivity contribution is -0.114. The number of anilines is 2. The fraction of sp³-hybridized carbons (Fsp3) is 0.118. The van der Waals surface area contributed by atoms with Gasteiger partial charge in [0.1, 0.15) is 11.4 Å². The van der Waals surface area contributed by atoms with Crippen LogP contribution in [0.25, 0.3) is 10.8 Å². The van der Waals surface area contributed by atoms with Gasteiger partial charge in [0.05, 0.1) is 19.1 Å². The lowest BCUT2D eigenvalue weighted by Gasteiger charge is -2.11. The van der Waals surface area contributed by atoms with Gasteiger partial charge in [-0.2, -0.15) is 0 Å². The average Bonchev–Trinajstić information content (AvgIpc) is 3.26. The number of aromatic nitrogens is 1. The maximum atomic E-state index is 12.5. The van der Waals surface area contributed by atoms with Crippen LogP contribution >= 0.6 is 11.3 Å². The van der Waals surface area contributed by atoms with Crippen LogP contribution in [0, 0.1) is 0 Å². The zero-order valence-corrected chi connectivity index (χ0v) is 14.3. The highest BCUT2D eigenvalue weighted by molar-refractivity contribution is 7.13. The summed E-state index contributed by atoms with van der Waals surface area (Å²) in [5.41, 5.74) is 1.26. The van der Waals surface area contributed by atoms with Crippen LogP contribution in [-0.2, 0) is 4.79 Å². The molecular formula is C17H15N3O4S. The number of benzene rings is 1. The molecule has 128 valence electrons. The Labute approximate surface area is 147 Å². The van der Waals surface area contributed by atoms with E-state index in [-0.39, 0.29) is 17.5 Å². The average molecular weight is 357 g/mol. The van der Waals surface area contributed by atoms with E-state index in [0.29, 0.717) is 27.9 Å².